The Morgan fingerprint density at radius 1 is 1.37 bits per heavy atom. The number of hydrogen-bond acceptors (Lipinski definition) is 4. The normalized spacial score (nSPS) is 24.7. The molecule has 1 spiro atoms. The molecule has 3 heterocycles. The van der Waals surface area contributed by atoms with Crippen molar-refractivity contribution < 1.29 is 0 Å². The molecule has 0 bridgehead atoms. The molecule has 4 rings (SSSR count). The number of rotatable bonds is 3. The second-order valence-electron chi connectivity index (χ2n) is 5.72. The van der Waals surface area contributed by atoms with E-state index in [2.05, 4.69) is 32.0 Å². The molecule has 1 saturated heterocycles. The van der Waals surface area contributed by atoms with E-state index in [0.717, 1.165) is 29.3 Å². The molecule has 2 N–H and O–H groups in total. The fourth-order valence-corrected chi connectivity index (χ4v) is 4.65. The minimum atomic E-state index is 0.669. The van der Waals surface area contributed by atoms with E-state index in [-0.39, 0.29) is 0 Å². The Labute approximate surface area is 116 Å². The van der Waals surface area contributed by atoms with Gasteiger partial charge in [-0.15, -0.1) is 0 Å². The summed E-state index contributed by atoms with van der Waals surface area (Å²) >= 11 is 2.11. The fraction of sp³-hybridized carbons (Fsp3) is 0.571. The van der Waals surface area contributed by atoms with Crippen molar-refractivity contribution >= 4 is 28.6 Å². The third-order valence-corrected chi connectivity index (χ3v) is 5.70. The predicted octanol–water partition coefficient (Wildman–Crippen LogP) is 2.90. The van der Waals surface area contributed by atoms with Crippen LogP contribution in [-0.2, 0) is 0 Å². The molecular formula is C14H18N4S. The van der Waals surface area contributed by atoms with Gasteiger partial charge in [0.25, 0.3) is 0 Å². The van der Waals surface area contributed by atoms with Crippen LogP contribution < -0.4 is 5.32 Å². The zero-order chi connectivity index (χ0) is 12.7. The molecule has 1 aliphatic heterocycles. The Morgan fingerprint density at radius 3 is 3.16 bits per heavy atom. The van der Waals surface area contributed by atoms with Crippen LogP contribution in [0.3, 0.4) is 0 Å². The van der Waals surface area contributed by atoms with Crippen molar-refractivity contribution in [3.63, 3.8) is 0 Å². The molecule has 0 amide bonds. The number of hydrogen-bond donors (Lipinski definition) is 2. The quantitative estimate of drug-likeness (QED) is 0.903. The van der Waals surface area contributed by atoms with Gasteiger partial charge in [-0.25, -0.2) is 9.97 Å². The molecule has 2 aromatic heterocycles. The number of aromatic nitrogens is 3. The summed E-state index contributed by atoms with van der Waals surface area (Å²) in [5.74, 6) is 4.52. The summed E-state index contributed by atoms with van der Waals surface area (Å²) in [5, 5.41) is 4.62. The number of fused-ring (bicyclic) bond motifs is 1. The molecule has 1 saturated carbocycles. The van der Waals surface area contributed by atoms with E-state index in [1.54, 1.807) is 6.33 Å². The zero-order valence-corrected chi connectivity index (χ0v) is 11.7. The minimum Gasteiger partial charge on any atom is -0.369 e. The zero-order valence-electron chi connectivity index (χ0n) is 10.9. The maximum absolute atomic E-state index is 4.37. The molecule has 1 unspecified atom stereocenters. The molecule has 4 nitrogen and oxygen atoms in total. The molecule has 19 heavy (non-hydrogen) atoms. The first-order valence-corrected chi connectivity index (χ1v) is 8.13. The maximum Gasteiger partial charge on any atom is 0.142 e. The van der Waals surface area contributed by atoms with Crippen LogP contribution >= 0.6 is 11.8 Å². The highest BCUT2D eigenvalue weighted by Gasteiger charge is 2.53. The summed E-state index contributed by atoms with van der Waals surface area (Å²) in [7, 11) is 0. The van der Waals surface area contributed by atoms with E-state index < -0.39 is 0 Å². The van der Waals surface area contributed by atoms with Crippen LogP contribution in [0.5, 0.6) is 0 Å². The van der Waals surface area contributed by atoms with Gasteiger partial charge in [0.2, 0.25) is 0 Å². The Hall–Kier alpha value is -1.23. The molecular weight excluding hydrogens is 256 g/mol. The largest absolute Gasteiger partial charge is 0.369 e. The smallest absolute Gasteiger partial charge is 0.142 e. The fourth-order valence-electron chi connectivity index (χ4n) is 3.34. The minimum absolute atomic E-state index is 0.669. The second-order valence-corrected chi connectivity index (χ2v) is 6.94. The number of nitrogens with zero attached hydrogens (tertiary/aromatic N) is 2. The van der Waals surface area contributed by atoms with E-state index in [0.29, 0.717) is 5.41 Å². The topological polar surface area (TPSA) is 53.6 Å². The van der Waals surface area contributed by atoms with E-state index in [9.17, 15) is 0 Å². The van der Waals surface area contributed by atoms with Crippen molar-refractivity contribution in [2.75, 3.05) is 23.4 Å². The van der Waals surface area contributed by atoms with Crippen molar-refractivity contribution in [2.24, 2.45) is 11.3 Å². The average molecular weight is 274 g/mol. The van der Waals surface area contributed by atoms with Crippen LogP contribution in [0, 0.1) is 11.3 Å². The lowest BCUT2D eigenvalue weighted by atomic mass is 9.96. The molecule has 1 atom stereocenters. The highest BCUT2D eigenvalue weighted by atomic mass is 32.2. The summed E-state index contributed by atoms with van der Waals surface area (Å²) in [6.07, 6.45) is 7.77. The highest BCUT2D eigenvalue weighted by Crippen LogP contribution is 2.60. The number of thioether (sulfide) groups is 1. The summed E-state index contributed by atoms with van der Waals surface area (Å²) in [6.45, 7) is 1.06. The van der Waals surface area contributed by atoms with Crippen molar-refractivity contribution in [3.05, 3.63) is 18.6 Å². The van der Waals surface area contributed by atoms with Gasteiger partial charge in [-0.2, -0.15) is 11.8 Å². The first-order valence-electron chi connectivity index (χ1n) is 6.97. The monoisotopic (exact) mass is 274 g/mol. The molecule has 0 aromatic carbocycles. The second kappa shape index (κ2) is 4.40. The van der Waals surface area contributed by atoms with Gasteiger partial charge in [0.15, 0.2) is 0 Å². The third kappa shape index (κ3) is 2.00. The molecule has 5 heteroatoms. The lowest BCUT2D eigenvalue weighted by Crippen LogP contribution is -2.17. The van der Waals surface area contributed by atoms with E-state index in [1.165, 1.54) is 30.8 Å². The van der Waals surface area contributed by atoms with Crippen molar-refractivity contribution in [1.82, 2.24) is 15.0 Å². The van der Waals surface area contributed by atoms with Gasteiger partial charge in [0.05, 0.1) is 5.39 Å². The third-order valence-electron chi connectivity index (χ3n) is 4.72. The number of aromatic amines is 1. The summed E-state index contributed by atoms with van der Waals surface area (Å²) in [6, 6.07) is 2.04. The van der Waals surface area contributed by atoms with E-state index in [4.69, 9.17) is 0 Å². The summed E-state index contributed by atoms with van der Waals surface area (Å²) in [4.78, 5) is 11.7. The maximum atomic E-state index is 4.37. The lowest BCUT2D eigenvalue weighted by Gasteiger charge is -2.22. The number of nitrogens with one attached hydrogen (secondary N) is 2. The molecule has 2 fully saturated rings. The van der Waals surface area contributed by atoms with Gasteiger partial charge >= 0.3 is 0 Å². The van der Waals surface area contributed by atoms with Crippen LogP contribution in [0.1, 0.15) is 19.3 Å². The van der Waals surface area contributed by atoms with Crippen molar-refractivity contribution in [1.29, 1.82) is 0 Å². The first-order chi connectivity index (χ1) is 9.37. The molecule has 100 valence electrons. The van der Waals surface area contributed by atoms with Crippen molar-refractivity contribution in [3.8, 4) is 0 Å². The number of H-pyrrole nitrogens is 1. The van der Waals surface area contributed by atoms with Gasteiger partial charge in [-0.1, -0.05) is 0 Å². The van der Waals surface area contributed by atoms with Crippen LogP contribution in [0.4, 0.5) is 5.82 Å². The SMILES string of the molecule is c1nc(NCC2CC23CCSCC3)c2cc[nH]c2n1. The van der Waals surface area contributed by atoms with Gasteiger partial charge in [-0.3, -0.25) is 0 Å². The van der Waals surface area contributed by atoms with E-state index in [1.807, 2.05) is 12.3 Å². The predicted molar refractivity (Wildman–Crippen MR) is 79.5 cm³/mol. The number of anilines is 1. The molecule has 2 aliphatic rings. The van der Waals surface area contributed by atoms with Crippen LogP contribution in [0.15, 0.2) is 18.6 Å². The standard InChI is InChI=1S/C14H18N4S/c1-4-15-12-11(1)13(18-9-17-12)16-8-10-7-14(10)2-5-19-6-3-14/h1,4,9-10H,2-3,5-8H2,(H2,15,16,17,18). The van der Waals surface area contributed by atoms with Gasteiger partial charge in [0, 0.05) is 12.7 Å². The highest BCUT2D eigenvalue weighted by molar-refractivity contribution is 7.99. The average Bonchev–Trinajstić information content (AvgIpc) is 2.89. The lowest BCUT2D eigenvalue weighted by molar-refractivity contribution is 0.426. The Kier molecular flexibility index (Phi) is 2.69. The van der Waals surface area contributed by atoms with Gasteiger partial charge < -0.3 is 10.3 Å². The Balaban J connectivity index is 1.44. The molecule has 2 aromatic rings. The van der Waals surface area contributed by atoms with Crippen LogP contribution in [0.2, 0.25) is 0 Å². The molecule has 1 aliphatic carbocycles. The van der Waals surface area contributed by atoms with Gasteiger partial charge in [0.1, 0.15) is 17.8 Å². The Bertz CT molecular complexity index is 588. The van der Waals surface area contributed by atoms with Crippen molar-refractivity contribution in [2.45, 2.75) is 19.3 Å². The van der Waals surface area contributed by atoms with Gasteiger partial charge in [-0.05, 0) is 48.2 Å². The van der Waals surface area contributed by atoms with Crippen LogP contribution in [0.25, 0.3) is 11.0 Å². The first kappa shape index (κ1) is 11.6. The summed E-state index contributed by atoms with van der Waals surface area (Å²) in [5.41, 5.74) is 1.58. The summed E-state index contributed by atoms with van der Waals surface area (Å²) < 4.78 is 0. The van der Waals surface area contributed by atoms with Crippen LogP contribution in [-0.4, -0.2) is 33.0 Å². The van der Waals surface area contributed by atoms with E-state index >= 15 is 0 Å². The molecule has 0 radical (unpaired) electrons. The Morgan fingerprint density at radius 2 is 2.26 bits per heavy atom.